The van der Waals surface area contributed by atoms with E-state index in [-0.39, 0.29) is 11.3 Å². The lowest BCUT2D eigenvalue weighted by Gasteiger charge is -2.13. The number of hydrogen-bond donors (Lipinski definition) is 1. The molecule has 1 aromatic carbocycles. The normalized spacial score (nSPS) is 11.5. The highest BCUT2D eigenvalue weighted by Crippen LogP contribution is 2.22. The maximum atomic E-state index is 12.7. The van der Waals surface area contributed by atoms with Gasteiger partial charge in [0.15, 0.2) is 0 Å². The third kappa shape index (κ3) is 3.76. The molecule has 130 valence electrons. The summed E-state index contributed by atoms with van der Waals surface area (Å²) >= 11 is 0. The third-order valence-electron chi connectivity index (χ3n) is 3.95. The van der Waals surface area contributed by atoms with Crippen LogP contribution in [0, 0.1) is 0 Å². The lowest BCUT2D eigenvalue weighted by Crippen LogP contribution is -2.17. The lowest BCUT2D eigenvalue weighted by atomic mass is 9.92. The second-order valence-electron chi connectivity index (χ2n) is 6.99. The number of aryl methyl sites for hydroxylation is 1. The first kappa shape index (κ1) is 16.9. The Morgan fingerprint density at radius 1 is 1.24 bits per heavy atom. The molecule has 0 saturated carbocycles. The quantitative estimate of drug-likeness (QED) is 0.793. The number of nitrogens with one attached hydrogen (secondary N) is 1. The summed E-state index contributed by atoms with van der Waals surface area (Å²) in [5.74, 6) is -0.184. The van der Waals surface area contributed by atoms with Gasteiger partial charge >= 0.3 is 0 Å². The van der Waals surface area contributed by atoms with E-state index in [9.17, 15) is 4.79 Å². The zero-order valence-electron chi connectivity index (χ0n) is 14.9. The van der Waals surface area contributed by atoms with E-state index in [0.717, 1.165) is 16.9 Å². The molecule has 0 saturated heterocycles. The Bertz CT molecular complexity index is 873. The Balaban J connectivity index is 1.83. The van der Waals surface area contributed by atoms with Crippen LogP contribution in [-0.2, 0) is 19.0 Å². The van der Waals surface area contributed by atoms with E-state index in [4.69, 9.17) is 0 Å². The number of carbonyl (C=O) groups excluding carboxylic acids is 1. The van der Waals surface area contributed by atoms with Crippen molar-refractivity contribution in [3.05, 3.63) is 59.9 Å². The highest BCUT2D eigenvalue weighted by atomic mass is 16.2. The summed E-state index contributed by atoms with van der Waals surface area (Å²) in [6, 6.07) is 9.51. The largest absolute Gasteiger partial charge is 0.320 e. The van der Waals surface area contributed by atoms with Gasteiger partial charge in [-0.05, 0) is 17.7 Å². The van der Waals surface area contributed by atoms with Gasteiger partial charge in [-0.25, -0.2) is 9.67 Å². The van der Waals surface area contributed by atoms with Crippen LogP contribution < -0.4 is 5.32 Å². The predicted octanol–water partition coefficient (Wildman–Crippen LogP) is 2.61. The topological polar surface area (TPSA) is 77.6 Å². The van der Waals surface area contributed by atoms with Crippen molar-refractivity contribution in [2.24, 2.45) is 7.05 Å². The van der Waals surface area contributed by atoms with Crippen LogP contribution in [0.2, 0.25) is 0 Å². The average Bonchev–Trinajstić information content (AvgIpc) is 3.18. The number of para-hydroxylation sites is 1. The molecule has 0 aliphatic heterocycles. The summed E-state index contributed by atoms with van der Waals surface area (Å²) in [6.45, 7) is 6.76. The van der Waals surface area contributed by atoms with Crippen molar-refractivity contribution in [3.63, 3.8) is 0 Å². The van der Waals surface area contributed by atoms with Crippen molar-refractivity contribution < 1.29 is 4.79 Å². The van der Waals surface area contributed by atoms with Crippen LogP contribution in [0.5, 0.6) is 0 Å². The van der Waals surface area contributed by atoms with Gasteiger partial charge in [0.05, 0.1) is 12.2 Å². The molecule has 0 unspecified atom stereocenters. The Hall–Kier alpha value is -2.96. The van der Waals surface area contributed by atoms with E-state index in [1.807, 2.05) is 30.3 Å². The molecule has 0 spiro atoms. The highest BCUT2D eigenvalue weighted by molar-refractivity contribution is 6.03. The Morgan fingerprint density at radius 2 is 2.00 bits per heavy atom. The summed E-state index contributed by atoms with van der Waals surface area (Å²) < 4.78 is 3.34. The molecule has 2 aromatic heterocycles. The summed E-state index contributed by atoms with van der Waals surface area (Å²) in [5, 5.41) is 11.6. The standard InChI is InChI=1S/C18H22N6O/c1-18(2,3)16-9-15(23(4)22-16)17(25)21-14-8-6-5-7-13(14)10-24-12-19-11-20-24/h5-9,11-12H,10H2,1-4H3,(H,21,25). The van der Waals surface area contributed by atoms with Gasteiger partial charge in [0, 0.05) is 18.2 Å². The average molecular weight is 338 g/mol. The second-order valence-corrected chi connectivity index (χ2v) is 6.99. The molecule has 0 radical (unpaired) electrons. The molecule has 0 bridgehead atoms. The minimum atomic E-state index is -0.184. The fourth-order valence-electron chi connectivity index (χ4n) is 2.50. The molecule has 0 aliphatic carbocycles. The molecule has 0 aliphatic rings. The van der Waals surface area contributed by atoms with Gasteiger partial charge in [-0.1, -0.05) is 39.0 Å². The van der Waals surface area contributed by atoms with Gasteiger partial charge in [0.1, 0.15) is 18.3 Å². The number of benzene rings is 1. The summed E-state index contributed by atoms with van der Waals surface area (Å²) in [5.41, 5.74) is 3.01. The maximum Gasteiger partial charge on any atom is 0.273 e. The number of anilines is 1. The molecule has 0 atom stereocenters. The predicted molar refractivity (Wildman–Crippen MR) is 95.4 cm³/mol. The van der Waals surface area contributed by atoms with Crippen LogP contribution >= 0.6 is 0 Å². The molecule has 1 N–H and O–H groups in total. The van der Waals surface area contributed by atoms with Gasteiger partial charge in [-0.2, -0.15) is 10.2 Å². The molecule has 3 aromatic rings. The van der Waals surface area contributed by atoms with Crippen LogP contribution in [0.25, 0.3) is 0 Å². The first-order chi connectivity index (χ1) is 11.8. The zero-order valence-corrected chi connectivity index (χ0v) is 14.9. The number of amides is 1. The zero-order chi connectivity index (χ0) is 18.0. The van der Waals surface area contributed by atoms with E-state index in [1.165, 1.54) is 6.33 Å². The molecule has 0 fully saturated rings. The van der Waals surface area contributed by atoms with Crippen molar-refractivity contribution in [1.29, 1.82) is 0 Å². The fourth-order valence-corrected chi connectivity index (χ4v) is 2.50. The third-order valence-corrected chi connectivity index (χ3v) is 3.95. The Kier molecular flexibility index (Phi) is 4.39. The number of nitrogens with zero attached hydrogens (tertiary/aromatic N) is 5. The van der Waals surface area contributed by atoms with Crippen LogP contribution in [0.1, 0.15) is 42.5 Å². The van der Waals surface area contributed by atoms with Crippen molar-refractivity contribution in [3.8, 4) is 0 Å². The van der Waals surface area contributed by atoms with Crippen molar-refractivity contribution in [2.45, 2.75) is 32.7 Å². The van der Waals surface area contributed by atoms with E-state index in [1.54, 1.807) is 22.7 Å². The number of rotatable bonds is 4. The smallest absolute Gasteiger partial charge is 0.273 e. The van der Waals surface area contributed by atoms with Crippen LogP contribution in [0.3, 0.4) is 0 Å². The molecule has 7 nitrogen and oxygen atoms in total. The van der Waals surface area contributed by atoms with Gasteiger partial charge in [-0.3, -0.25) is 9.48 Å². The summed E-state index contributed by atoms with van der Waals surface area (Å²) in [7, 11) is 1.78. The van der Waals surface area contributed by atoms with Gasteiger partial charge < -0.3 is 5.32 Å². The molecule has 25 heavy (non-hydrogen) atoms. The number of hydrogen-bond acceptors (Lipinski definition) is 4. The molecule has 7 heteroatoms. The maximum absolute atomic E-state index is 12.7. The van der Waals surface area contributed by atoms with E-state index in [2.05, 4.69) is 41.3 Å². The van der Waals surface area contributed by atoms with Crippen LogP contribution in [0.4, 0.5) is 5.69 Å². The molecular weight excluding hydrogens is 316 g/mol. The highest BCUT2D eigenvalue weighted by Gasteiger charge is 2.22. The van der Waals surface area contributed by atoms with Crippen molar-refractivity contribution in [1.82, 2.24) is 24.5 Å². The van der Waals surface area contributed by atoms with Crippen LogP contribution in [0.15, 0.2) is 43.0 Å². The van der Waals surface area contributed by atoms with Gasteiger partial charge in [0.2, 0.25) is 0 Å². The first-order valence-corrected chi connectivity index (χ1v) is 8.11. The molecule has 2 heterocycles. The lowest BCUT2D eigenvalue weighted by molar-refractivity contribution is 0.101. The number of carbonyl (C=O) groups is 1. The van der Waals surface area contributed by atoms with E-state index >= 15 is 0 Å². The second kappa shape index (κ2) is 6.51. The minimum absolute atomic E-state index is 0.110. The Labute approximate surface area is 146 Å². The van der Waals surface area contributed by atoms with E-state index in [0.29, 0.717) is 12.2 Å². The monoisotopic (exact) mass is 338 g/mol. The molecule has 3 rings (SSSR count). The molecule has 1 amide bonds. The molecular formula is C18H22N6O. The fraction of sp³-hybridized carbons (Fsp3) is 0.333. The summed E-state index contributed by atoms with van der Waals surface area (Å²) in [4.78, 5) is 16.7. The minimum Gasteiger partial charge on any atom is -0.320 e. The Morgan fingerprint density at radius 3 is 2.64 bits per heavy atom. The van der Waals surface area contributed by atoms with Crippen molar-refractivity contribution >= 4 is 11.6 Å². The van der Waals surface area contributed by atoms with E-state index < -0.39 is 0 Å². The van der Waals surface area contributed by atoms with Crippen LogP contribution in [-0.4, -0.2) is 30.5 Å². The first-order valence-electron chi connectivity index (χ1n) is 8.11. The number of aromatic nitrogens is 5. The summed E-state index contributed by atoms with van der Waals surface area (Å²) in [6.07, 6.45) is 3.14. The van der Waals surface area contributed by atoms with Crippen molar-refractivity contribution in [2.75, 3.05) is 5.32 Å². The SMILES string of the molecule is Cn1nc(C(C)(C)C)cc1C(=O)Nc1ccccc1Cn1cncn1. The van der Waals surface area contributed by atoms with Gasteiger partial charge in [-0.15, -0.1) is 0 Å². The van der Waals surface area contributed by atoms with Gasteiger partial charge in [0.25, 0.3) is 5.91 Å².